The number of nitrogens with one attached hydrogen (secondary N) is 1. The number of rotatable bonds is 7. The third kappa shape index (κ3) is 4.64. The Morgan fingerprint density at radius 3 is 2.83 bits per heavy atom. The summed E-state index contributed by atoms with van der Waals surface area (Å²) in [5, 5.41) is 12.1. The molecule has 0 spiro atoms. The van der Waals surface area contributed by atoms with Gasteiger partial charge in [-0.3, -0.25) is 0 Å². The summed E-state index contributed by atoms with van der Waals surface area (Å²) in [6.45, 7) is 5.69. The van der Waals surface area contributed by atoms with Crippen LogP contribution in [0.15, 0.2) is 18.2 Å². The van der Waals surface area contributed by atoms with E-state index in [0.717, 1.165) is 31.7 Å². The highest BCUT2D eigenvalue weighted by atomic mass is 16.5. The van der Waals surface area contributed by atoms with Gasteiger partial charge >= 0.3 is 0 Å². The average molecular weight is 247 g/mol. The van der Waals surface area contributed by atoms with E-state index in [-0.39, 0.29) is 0 Å². The molecule has 0 saturated carbocycles. The predicted molar refractivity (Wildman–Crippen MR) is 74.4 cm³/mol. The molecule has 0 fully saturated rings. The second kappa shape index (κ2) is 7.57. The lowest BCUT2D eigenvalue weighted by Crippen LogP contribution is -2.08. The molecule has 0 radical (unpaired) electrons. The lowest BCUT2D eigenvalue weighted by atomic mass is 10.1. The first-order chi connectivity index (χ1) is 8.65. The molecule has 0 unspecified atom stereocenters. The van der Waals surface area contributed by atoms with Gasteiger partial charge in [0.05, 0.1) is 23.0 Å². The normalized spacial score (nSPS) is 10.3. The Morgan fingerprint density at radius 2 is 2.17 bits per heavy atom. The Bertz CT molecular complexity index is 410. The predicted octanol–water partition coefficient (Wildman–Crippen LogP) is 2.76. The highest BCUT2D eigenvalue weighted by Crippen LogP contribution is 2.21. The number of hydrogen-bond donors (Lipinski definition) is 2. The van der Waals surface area contributed by atoms with Gasteiger partial charge in [0.15, 0.2) is 0 Å². The largest absolute Gasteiger partial charge is 0.396 e. The Hall–Kier alpha value is -1.73. The number of para-hydroxylation sites is 1. The van der Waals surface area contributed by atoms with Gasteiger partial charge in [-0.25, -0.2) is 0 Å². The standard InChI is InChI=1S/C14H21N3O/c1-11(2)18-9-4-3-8-17-13-7-5-6-12(10-15)14(13)16/h5-7,11,17H,3-4,8-9,16H2,1-2H3. The molecule has 0 aliphatic rings. The lowest BCUT2D eigenvalue weighted by Gasteiger charge is -2.10. The molecule has 1 aromatic carbocycles. The Kier molecular flexibility index (Phi) is 6.03. The van der Waals surface area contributed by atoms with Gasteiger partial charge in [0.2, 0.25) is 0 Å². The first kappa shape index (κ1) is 14.3. The first-order valence-corrected chi connectivity index (χ1v) is 6.29. The maximum Gasteiger partial charge on any atom is 0.101 e. The van der Waals surface area contributed by atoms with Gasteiger partial charge in [-0.2, -0.15) is 5.26 Å². The second-order valence-corrected chi connectivity index (χ2v) is 4.43. The molecule has 98 valence electrons. The van der Waals surface area contributed by atoms with Gasteiger partial charge in [0.1, 0.15) is 6.07 Å². The number of nitrogens with zero attached hydrogens (tertiary/aromatic N) is 1. The van der Waals surface area contributed by atoms with Gasteiger partial charge < -0.3 is 15.8 Å². The molecule has 0 atom stereocenters. The molecule has 0 heterocycles. The fraction of sp³-hybridized carbons (Fsp3) is 0.500. The molecule has 1 aromatic rings. The van der Waals surface area contributed by atoms with Crippen molar-refractivity contribution < 1.29 is 4.74 Å². The number of hydrogen-bond acceptors (Lipinski definition) is 4. The molecule has 18 heavy (non-hydrogen) atoms. The van der Waals surface area contributed by atoms with Crippen LogP contribution in [0.5, 0.6) is 0 Å². The van der Waals surface area contributed by atoms with Crippen LogP contribution in [0.2, 0.25) is 0 Å². The van der Waals surface area contributed by atoms with Crippen LogP contribution in [0.3, 0.4) is 0 Å². The molecule has 0 bridgehead atoms. The third-order valence-electron chi connectivity index (χ3n) is 2.56. The van der Waals surface area contributed by atoms with E-state index in [2.05, 4.69) is 11.4 Å². The van der Waals surface area contributed by atoms with Crippen LogP contribution >= 0.6 is 0 Å². The third-order valence-corrected chi connectivity index (χ3v) is 2.56. The van der Waals surface area contributed by atoms with Gasteiger partial charge in [0, 0.05) is 13.2 Å². The molecule has 4 heteroatoms. The van der Waals surface area contributed by atoms with Crippen LogP contribution in [-0.4, -0.2) is 19.3 Å². The van der Waals surface area contributed by atoms with Crippen molar-refractivity contribution in [3.05, 3.63) is 23.8 Å². The lowest BCUT2D eigenvalue weighted by molar-refractivity contribution is 0.0765. The van der Waals surface area contributed by atoms with Crippen molar-refractivity contribution in [3.63, 3.8) is 0 Å². The number of nitrogens with two attached hydrogens (primary N) is 1. The highest BCUT2D eigenvalue weighted by Gasteiger charge is 2.03. The molecule has 0 aromatic heterocycles. The van der Waals surface area contributed by atoms with Gasteiger partial charge in [-0.1, -0.05) is 6.07 Å². The maximum atomic E-state index is 8.86. The molecule has 0 aliphatic carbocycles. The van der Waals surface area contributed by atoms with Crippen LogP contribution in [0.25, 0.3) is 0 Å². The van der Waals surface area contributed by atoms with E-state index in [1.165, 1.54) is 0 Å². The number of nitriles is 1. The maximum absolute atomic E-state index is 8.86. The van der Waals surface area contributed by atoms with E-state index in [4.69, 9.17) is 15.7 Å². The fourth-order valence-corrected chi connectivity index (χ4v) is 1.59. The van der Waals surface area contributed by atoms with Crippen LogP contribution in [0, 0.1) is 11.3 Å². The minimum absolute atomic E-state index is 0.293. The minimum atomic E-state index is 0.293. The minimum Gasteiger partial charge on any atom is -0.396 e. The summed E-state index contributed by atoms with van der Waals surface area (Å²) in [5.41, 5.74) is 7.74. The van der Waals surface area contributed by atoms with Crippen LogP contribution in [0.4, 0.5) is 11.4 Å². The van der Waals surface area contributed by atoms with Crippen molar-refractivity contribution in [1.29, 1.82) is 5.26 Å². The van der Waals surface area contributed by atoms with E-state index in [1.54, 1.807) is 6.07 Å². The summed E-state index contributed by atoms with van der Waals surface area (Å²) in [4.78, 5) is 0. The van der Waals surface area contributed by atoms with Crippen molar-refractivity contribution in [2.75, 3.05) is 24.2 Å². The fourth-order valence-electron chi connectivity index (χ4n) is 1.59. The monoisotopic (exact) mass is 247 g/mol. The highest BCUT2D eigenvalue weighted by molar-refractivity contribution is 5.72. The Labute approximate surface area is 109 Å². The zero-order valence-electron chi connectivity index (χ0n) is 11.1. The molecule has 4 nitrogen and oxygen atoms in total. The Morgan fingerprint density at radius 1 is 1.39 bits per heavy atom. The molecule has 3 N–H and O–H groups in total. The van der Waals surface area contributed by atoms with E-state index in [1.807, 2.05) is 26.0 Å². The number of ether oxygens (including phenoxy) is 1. The summed E-state index contributed by atoms with van der Waals surface area (Å²) in [7, 11) is 0. The quantitative estimate of drug-likeness (QED) is 0.574. The molecular weight excluding hydrogens is 226 g/mol. The van der Waals surface area contributed by atoms with E-state index < -0.39 is 0 Å². The van der Waals surface area contributed by atoms with Crippen molar-refractivity contribution >= 4 is 11.4 Å². The van der Waals surface area contributed by atoms with E-state index in [9.17, 15) is 0 Å². The average Bonchev–Trinajstić information content (AvgIpc) is 2.35. The van der Waals surface area contributed by atoms with Crippen LogP contribution < -0.4 is 11.1 Å². The van der Waals surface area contributed by atoms with E-state index in [0.29, 0.717) is 17.4 Å². The van der Waals surface area contributed by atoms with E-state index >= 15 is 0 Å². The summed E-state index contributed by atoms with van der Waals surface area (Å²) >= 11 is 0. The van der Waals surface area contributed by atoms with Gasteiger partial charge in [-0.15, -0.1) is 0 Å². The van der Waals surface area contributed by atoms with Gasteiger partial charge in [0.25, 0.3) is 0 Å². The molecule has 0 saturated heterocycles. The van der Waals surface area contributed by atoms with Gasteiger partial charge in [-0.05, 0) is 38.8 Å². The van der Waals surface area contributed by atoms with Crippen molar-refractivity contribution in [2.24, 2.45) is 0 Å². The first-order valence-electron chi connectivity index (χ1n) is 6.29. The van der Waals surface area contributed by atoms with Crippen molar-refractivity contribution in [2.45, 2.75) is 32.8 Å². The Balaban J connectivity index is 2.30. The molecule has 0 amide bonds. The zero-order chi connectivity index (χ0) is 13.4. The molecule has 1 rings (SSSR count). The second-order valence-electron chi connectivity index (χ2n) is 4.43. The van der Waals surface area contributed by atoms with Crippen molar-refractivity contribution in [1.82, 2.24) is 0 Å². The summed E-state index contributed by atoms with van der Waals surface area (Å²) in [6, 6.07) is 7.52. The topological polar surface area (TPSA) is 71.1 Å². The molecular formula is C14H21N3O. The number of nitrogen functional groups attached to an aromatic ring is 1. The van der Waals surface area contributed by atoms with Crippen LogP contribution in [-0.2, 0) is 4.74 Å². The summed E-state index contributed by atoms with van der Waals surface area (Å²) in [6.07, 6.45) is 2.33. The number of benzene rings is 1. The van der Waals surface area contributed by atoms with Crippen LogP contribution in [0.1, 0.15) is 32.3 Å². The zero-order valence-corrected chi connectivity index (χ0v) is 11.1. The molecule has 0 aliphatic heterocycles. The number of unbranched alkanes of at least 4 members (excludes halogenated alkanes) is 1. The summed E-state index contributed by atoms with van der Waals surface area (Å²) in [5.74, 6) is 0. The summed E-state index contributed by atoms with van der Waals surface area (Å²) < 4.78 is 5.46. The smallest absolute Gasteiger partial charge is 0.101 e. The SMILES string of the molecule is CC(C)OCCCCNc1cccc(C#N)c1N. The van der Waals surface area contributed by atoms with Crippen molar-refractivity contribution in [3.8, 4) is 6.07 Å². The number of anilines is 2.